The maximum Gasteiger partial charge on any atom is 0.220 e. The molecule has 1 saturated heterocycles. The monoisotopic (exact) mass is 406 g/mol. The van der Waals surface area contributed by atoms with Gasteiger partial charge in [-0.15, -0.1) is 0 Å². The summed E-state index contributed by atoms with van der Waals surface area (Å²) >= 11 is 6.02. The summed E-state index contributed by atoms with van der Waals surface area (Å²) in [6, 6.07) is 7.17. The average Bonchev–Trinajstić information content (AvgIpc) is 3.07. The zero-order chi connectivity index (χ0) is 20.0. The number of hydrogen-bond acceptors (Lipinski definition) is 5. The zero-order valence-corrected chi connectivity index (χ0v) is 16.9. The lowest BCUT2D eigenvalue weighted by Crippen LogP contribution is -2.56. The summed E-state index contributed by atoms with van der Waals surface area (Å²) < 4.78 is 13.9. The highest BCUT2D eigenvalue weighted by Gasteiger charge is 2.39. The third kappa shape index (κ3) is 5.70. The number of carbonyl (C=O) groups excluding carboxylic acids is 1. The van der Waals surface area contributed by atoms with Crippen molar-refractivity contribution in [3.63, 3.8) is 0 Å². The number of morpholine rings is 1. The summed E-state index contributed by atoms with van der Waals surface area (Å²) in [4.78, 5) is 14.0. The number of ether oxygens (including phenoxy) is 2. The van der Waals surface area contributed by atoms with Crippen molar-refractivity contribution >= 4 is 17.5 Å². The Morgan fingerprint density at radius 1 is 1.46 bits per heavy atom. The predicted molar refractivity (Wildman–Crippen MR) is 107 cm³/mol. The SMILES string of the molecule is CCCn1cc(CN2CCO[C@@](COc3cccc(Cl)c3)(CC(N)=O)C2)cn1. The van der Waals surface area contributed by atoms with Gasteiger partial charge in [-0.2, -0.15) is 5.10 Å². The van der Waals surface area contributed by atoms with E-state index >= 15 is 0 Å². The van der Waals surface area contributed by atoms with E-state index < -0.39 is 11.5 Å². The zero-order valence-electron chi connectivity index (χ0n) is 16.1. The van der Waals surface area contributed by atoms with Crippen LogP contribution in [0, 0.1) is 0 Å². The van der Waals surface area contributed by atoms with Gasteiger partial charge in [-0.3, -0.25) is 14.4 Å². The Morgan fingerprint density at radius 2 is 2.32 bits per heavy atom. The maximum atomic E-state index is 11.7. The van der Waals surface area contributed by atoms with Crippen LogP contribution in [-0.4, -0.2) is 52.5 Å². The predicted octanol–water partition coefficient (Wildman–Crippen LogP) is 2.47. The summed E-state index contributed by atoms with van der Waals surface area (Å²) in [7, 11) is 0. The summed E-state index contributed by atoms with van der Waals surface area (Å²) in [5.41, 5.74) is 5.86. The van der Waals surface area contributed by atoms with Crippen molar-refractivity contribution < 1.29 is 14.3 Å². The van der Waals surface area contributed by atoms with Crippen LogP contribution in [0.2, 0.25) is 5.02 Å². The average molecular weight is 407 g/mol. The third-order valence-electron chi connectivity index (χ3n) is 4.67. The topological polar surface area (TPSA) is 82.6 Å². The summed E-state index contributed by atoms with van der Waals surface area (Å²) in [5.74, 6) is 0.227. The smallest absolute Gasteiger partial charge is 0.220 e. The molecule has 0 saturated carbocycles. The van der Waals surface area contributed by atoms with Crippen LogP contribution in [0.25, 0.3) is 0 Å². The Morgan fingerprint density at radius 3 is 3.07 bits per heavy atom. The number of halogens is 1. The first-order valence-electron chi connectivity index (χ1n) is 9.52. The normalized spacial score (nSPS) is 20.2. The number of nitrogens with two attached hydrogens (primary N) is 1. The first kappa shape index (κ1) is 20.6. The first-order valence-corrected chi connectivity index (χ1v) is 9.90. The van der Waals surface area contributed by atoms with E-state index in [0.717, 1.165) is 31.6 Å². The van der Waals surface area contributed by atoms with E-state index in [1.807, 2.05) is 23.0 Å². The number of rotatable bonds is 9. The van der Waals surface area contributed by atoms with Crippen molar-refractivity contribution in [3.05, 3.63) is 47.2 Å². The van der Waals surface area contributed by atoms with Crippen molar-refractivity contribution in [1.82, 2.24) is 14.7 Å². The van der Waals surface area contributed by atoms with Gasteiger partial charge in [0.05, 0.1) is 19.2 Å². The molecule has 28 heavy (non-hydrogen) atoms. The first-order chi connectivity index (χ1) is 13.5. The van der Waals surface area contributed by atoms with Gasteiger partial charge in [0.2, 0.25) is 5.91 Å². The fourth-order valence-electron chi connectivity index (χ4n) is 3.49. The van der Waals surface area contributed by atoms with Crippen LogP contribution in [-0.2, 0) is 22.6 Å². The Hall–Kier alpha value is -2.09. The Labute approximate surface area is 170 Å². The lowest BCUT2D eigenvalue weighted by molar-refractivity contribution is -0.148. The molecule has 2 aromatic rings. The number of hydrogen-bond donors (Lipinski definition) is 1. The summed E-state index contributed by atoms with van der Waals surface area (Å²) in [5, 5.41) is 4.98. The van der Waals surface area contributed by atoms with Gasteiger partial charge in [-0.1, -0.05) is 24.6 Å². The maximum absolute atomic E-state index is 11.7. The molecule has 2 heterocycles. The molecule has 1 fully saturated rings. The van der Waals surface area contributed by atoms with Crippen LogP contribution in [0.15, 0.2) is 36.7 Å². The lowest BCUT2D eigenvalue weighted by Gasteiger charge is -2.41. The van der Waals surface area contributed by atoms with E-state index in [1.165, 1.54) is 0 Å². The van der Waals surface area contributed by atoms with Crippen LogP contribution >= 0.6 is 11.6 Å². The number of nitrogens with zero attached hydrogens (tertiary/aromatic N) is 3. The quantitative estimate of drug-likeness (QED) is 0.691. The van der Waals surface area contributed by atoms with Crippen LogP contribution < -0.4 is 10.5 Å². The molecular formula is C20H27ClN4O3. The molecule has 0 radical (unpaired) electrons. The van der Waals surface area contributed by atoms with Gasteiger partial charge in [0.25, 0.3) is 0 Å². The molecule has 0 aliphatic carbocycles. The lowest BCUT2D eigenvalue weighted by atomic mass is 9.97. The second-order valence-corrected chi connectivity index (χ2v) is 7.68. The largest absolute Gasteiger partial charge is 0.490 e. The number of aryl methyl sites for hydroxylation is 1. The van der Waals surface area contributed by atoms with Crippen LogP contribution in [0.5, 0.6) is 5.75 Å². The van der Waals surface area contributed by atoms with Gasteiger partial charge in [-0.05, 0) is 24.6 Å². The van der Waals surface area contributed by atoms with E-state index in [0.29, 0.717) is 23.9 Å². The van der Waals surface area contributed by atoms with Crippen LogP contribution in [0.1, 0.15) is 25.3 Å². The minimum Gasteiger partial charge on any atom is -0.490 e. The number of primary amides is 1. The second-order valence-electron chi connectivity index (χ2n) is 7.24. The molecule has 152 valence electrons. The number of amides is 1. The van der Waals surface area contributed by atoms with Crippen LogP contribution in [0.4, 0.5) is 0 Å². The van der Waals surface area contributed by atoms with Gasteiger partial charge >= 0.3 is 0 Å². The van der Waals surface area contributed by atoms with Crippen LogP contribution in [0.3, 0.4) is 0 Å². The van der Waals surface area contributed by atoms with Gasteiger partial charge in [0.1, 0.15) is 18.0 Å². The molecule has 1 aromatic heterocycles. The highest BCUT2D eigenvalue weighted by molar-refractivity contribution is 6.30. The van der Waals surface area contributed by atoms with E-state index in [4.69, 9.17) is 26.8 Å². The molecule has 7 nitrogen and oxygen atoms in total. The van der Waals surface area contributed by atoms with Crippen molar-refractivity contribution in [2.24, 2.45) is 5.73 Å². The molecule has 2 N–H and O–H groups in total. The number of benzene rings is 1. The molecule has 0 bridgehead atoms. The molecule has 8 heteroatoms. The molecule has 1 aliphatic heterocycles. The third-order valence-corrected chi connectivity index (χ3v) is 4.90. The molecule has 0 unspecified atom stereocenters. The minimum atomic E-state index is -0.786. The Bertz CT molecular complexity index is 797. The van der Waals surface area contributed by atoms with Gasteiger partial charge in [0, 0.05) is 43.0 Å². The van der Waals surface area contributed by atoms with E-state index in [1.54, 1.807) is 12.1 Å². The van der Waals surface area contributed by atoms with Gasteiger partial charge in [-0.25, -0.2) is 0 Å². The van der Waals surface area contributed by atoms with E-state index in [-0.39, 0.29) is 13.0 Å². The number of aromatic nitrogens is 2. The van der Waals surface area contributed by atoms with Gasteiger partial charge < -0.3 is 15.2 Å². The Kier molecular flexibility index (Phi) is 6.93. The highest BCUT2D eigenvalue weighted by atomic mass is 35.5. The molecule has 3 rings (SSSR count). The van der Waals surface area contributed by atoms with E-state index in [2.05, 4.69) is 23.1 Å². The Balaban J connectivity index is 1.67. The molecule has 1 aliphatic rings. The van der Waals surface area contributed by atoms with Crippen molar-refractivity contribution in [1.29, 1.82) is 0 Å². The fraction of sp³-hybridized carbons (Fsp3) is 0.500. The van der Waals surface area contributed by atoms with Crippen molar-refractivity contribution in [3.8, 4) is 5.75 Å². The van der Waals surface area contributed by atoms with Crippen molar-refractivity contribution in [2.45, 2.75) is 38.5 Å². The minimum absolute atomic E-state index is 0.0964. The fourth-order valence-corrected chi connectivity index (χ4v) is 3.67. The van der Waals surface area contributed by atoms with Gasteiger partial charge in [0.15, 0.2) is 0 Å². The molecule has 1 atom stereocenters. The standard InChI is InChI=1S/C20H27ClN4O3/c1-2-6-25-13-16(11-23-25)12-24-7-8-28-20(14-24,10-19(22)26)15-27-18-5-3-4-17(21)9-18/h3-5,9,11,13H,2,6-8,10,12,14-15H2,1H3,(H2,22,26)/t20-/m0/s1. The molecular weight excluding hydrogens is 380 g/mol. The van der Waals surface area contributed by atoms with Crippen molar-refractivity contribution in [2.75, 3.05) is 26.3 Å². The summed E-state index contributed by atoms with van der Waals surface area (Å²) in [6.45, 7) is 5.83. The summed E-state index contributed by atoms with van der Waals surface area (Å²) in [6.07, 6.45) is 5.10. The second kappa shape index (κ2) is 9.41. The molecule has 0 spiro atoms. The molecule has 1 amide bonds. The number of carbonyl (C=O) groups is 1. The van der Waals surface area contributed by atoms with E-state index in [9.17, 15) is 4.79 Å². The highest BCUT2D eigenvalue weighted by Crippen LogP contribution is 2.26. The molecule has 1 aromatic carbocycles.